The molecular weight excluding hydrogens is 334 g/mol. The normalized spacial score (nSPS) is 20.6. The molecule has 1 amide bonds. The van der Waals surface area contributed by atoms with E-state index in [0.29, 0.717) is 6.54 Å². The third-order valence-electron chi connectivity index (χ3n) is 4.90. The molecule has 6 heteroatoms. The van der Waals surface area contributed by atoms with E-state index in [1.54, 1.807) is 11.9 Å². The fraction of sp³-hybridized carbons (Fsp3) is 0.421. The molecule has 2 aliphatic heterocycles. The number of hydrogen-bond acceptors (Lipinski definition) is 5. The third-order valence-corrected chi connectivity index (χ3v) is 5.78. The molecule has 1 unspecified atom stereocenters. The highest BCUT2D eigenvalue weighted by Gasteiger charge is 2.29. The lowest BCUT2D eigenvalue weighted by Gasteiger charge is -2.30. The summed E-state index contributed by atoms with van der Waals surface area (Å²) in [4.78, 5) is 17.9. The first kappa shape index (κ1) is 16.8. The topological polar surface area (TPSA) is 44.8 Å². The van der Waals surface area contributed by atoms with Crippen molar-refractivity contribution in [1.29, 1.82) is 0 Å². The summed E-state index contributed by atoms with van der Waals surface area (Å²) in [5.74, 6) is 0.108. The Morgan fingerprint density at radius 3 is 3.00 bits per heavy atom. The molecule has 5 nitrogen and oxygen atoms in total. The second-order valence-electron chi connectivity index (χ2n) is 6.57. The molecule has 4 rings (SSSR count). The number of nitrogens with zero attached hydrogens (tertiary/aromatic N) is 2. The maximum Gasteiger partial charge on any atom is 0.258 e. The first-order chi connectivity index (χ1) is 12.2. The van der Waals surface area contributed by atoms with Crippen molar-refractivity contribution < 1.29 is 9.53 Å². The van der Waals surface area contributed by atoms with Crippen molar-refractivity contribution in [1.82, 2.24) is 9.62 Å². The summed E-state index contributed by atoms with van der Waals surface area (Å²) < 4.78 is 9.24. The van der Waals surface area contributed by atoms with Crippen molar-refractivity contribution in [2.24, 2.45) is 0 Å². The summed E-state index contributed by atoms with van der Waals surface area (Å²) in [6, 6.07) is 10.2. The lowest BCUT2D eigenvalue weighted by Crippen LogP contribution is -2.43. The monoisotopic (exact) mass is 357 g/mol. The molecule has 0 aliphatic carbocycles. The molecule has 1 saturated heterocycles. The number of benzene rings is 2. The number of anilines is 1. The Morgan fingerprint density at radius 1 is 1.32 bits per heavy atom. The summed E-state index contributed by atoms with van der Waals surface area (Å²) in [6.07, 6.45) is 0.222. The van der Waals surface area contributed by atoms with E-state index in [0.717, 1.165) is 53.2 Å². The van der Waals surface area contributed by atoms with E-state index in [4.69, 9.17) is 4.74 Å². The van der Waals surface area contributed by atoms with Gasteiger partial charge in [0.25, 0.3) is 5.91 Å². The average Bonchev–Trinajstić information content (AvgIpc) is 2.90. The van der Waals surface area contributed by atoms with Crippen molar-refractivity contribution in [3.05, 3.63) is 35.9 Å². The number of amides is 1. The summed E-state index contributed by atoms with van der Waals surface area (Å²) in [6.45, 7) is 6.26. The van der Waals surface area contributed by atoms with Gasteiger partial charge in [0.15, 0.2) is 0 Å². The summed E-state index contributed by atoms with van der Waals surface area (Å²) >= 11 is 1.62. The summed E-state index contributed by atoms with van der Waals surface area (Å²) in [5, 5.41) is 2.22. The smallest absolute Gasteiger partial charge is 0.258 e. The van der Waals surface area contributed by atoms with Gasteiger partial charge in [0.2, 0.25) is 0 Å². The number of ether oxygens (including phenoxy) is 1. The quantitative estimate of drug-likeness (QED) is 0.834. The molecule has 132 valence electrons. The Morgan fingerprint density at radius 2 is 2.20 bits per heavy atom. The Labute approximate surface area is 152 Å². The number of carbonyl (C=O) groups excluding carboxylic acids is 1. The molecule has 1 fully saturated rings. The summed E-state index contributed by atoms with van der Waals surface area (Å²) in [7, 11) is 2.13. The Balaban J connectivity index is 1.54. The fourth-order valence-corrected chi connectivity index (χ4v) is 4.47. The van der Waals surface area contributed by atoms with Gasteiger partial charge in [-0.3, -0.25) is 9.52 Å². The number of carbonyl (C=O) groups is 1. The molecule has 0 radical (unpaired) electrons. The largest absolute Gasteiger partial charge is 0.374 e. The number of rotatable bonds is 5. The molecule has 2 heterocycles. The highest BCUT2D eigenvalue weighted by atomic mass is 32.2. The van der Waals surface area contributed by atoms with Gasteiger partial charge in [0, 0.05) is 42.0 Å². The van der Waals surface area contributed by atoms with E-state index in [1.165, 1.54) is 0 Å². The third kappa shape index (κ3) is 3.04. The van der Waals surface area contributed by atoms with Crippen molar-refractivity contribution in [3.8, 4) is 0 Å². The van der Waals surface area contributed by atoms with Crippen LogP contribution in [0.1, 0.15) is 17.3 Å². The van der Waals surface area contributed by atoms with E-state index in [9.17, 15) is 4.79 Å². The van der Waals surface area contributed by atoms with E-state index >= 15 is 0 Å². The zero-order valence-electron chi connectivity index (χ0n) is 14.6. The Bertz CT molecular complexity index is 811. The molecule has 1 N–H and O–H groups in total. The van der Waals surface area contributed by atoms with E-state index in [-0.39, 0.29) is 12.0 Å². The van der Waals surface area contributed by atoms with Gasteiger partial charge in [-0.25, -0.2) is 0 Å². The van der Waals surface area contributed by atoms with Crippen LogP contribution in [0.25, 0.3) is 10.8 Å². The van der Waals surface area contributed by atoms with Gasteiger partial charge in [-0.15, -0.1) is 0 Å². The number of morpholine rings is 1. The zero-order chi connectivity index (χ0) is 17.4. The predicted molar refractivity (Wildman–Crippen MR) is 102 cm³/mol. The SMILES string of the molecule is CCN1C(=O)c2cccc3c(SNCC4CN(C)CCO4)ccc1c23. The Kier molecular flexibility index (Phi) is 4.69. The van der Waals surface area contributed by atoms with Crippen LogP contribution in [0.2, 0.25) is 0 Å². The molecule has 0 spiro atoms. The van der Waals surface area contributed by atoms with Gasteiger partial charge in [0.05, 0.1) is 18.4 Å². The minimum absolute atomic E-state index is 0.108. The maximum atomic E-state index is 12.6. The minimum Gasteiger partial charge on any atom is -0.374 e. The van der Waals surface area contributed by atoms with Crippen LogP contribution in [-0.2, 0) is 4.74 Å². The van der Waals surface area contributed by atoms with Crippen molar-refractivity contribution in [2.75, 3.05) is 44.7 Å². The number of nitrogens with one attached hydrogen (secondary N) is 1. The second-order valence-corrected chi connectivity index (χ2v) is 7.50. The van der Waals surface area contributed by atoms with Crippen LogP contribution in [0, 0.1) is 0 Å². The molecule has 2 aromatic rings. The standard InChI is InChI=1S/C19H23N3O2S/c1-3-22-16-7-8-17(14-5-4-6-15(18(14)16)19(22)23)25-20-11-13-12-21(2)9-10-24-13/h4-8,13,20H,3,9-12H2,1-2H3. The first-order valence-electron chi connectivity index (χ1n) is 8.76. The molecular formula is C19H23N3O2S. The van der Waals surface area contributed by atoms with Crippen LogP contribution in [0.15, 0.2) is 35.2 Å². The van der Waals surface area contributed by atoms with Crippen molar-refractivity contribution in [2.45, 2.75) is 17.9 Å². The van der Waals surface area contributed by atoms with Gasteiger partial charge >= 0.3 is 0 Å². The lowest BCUT2D eigenvalue weighted by molar-refractivity contribution is -0.0153. The minimum atomic E-state index is 0.108. The molecule has 1 atom stereocenters. The van der Waals surface area contributed by atoms with Crippen molar-refractivity contribution in [3.63, 3.8) is 0 Å². The fourth-order valence-electron chi connectivity index (χ4n) is 3.62. The first-order valence-corrected chi connectivity index (χ1v) is 9.58. The van der Waals surface area contributed by atoms with Crippen LogP contribution in [-0.4, -0.2) is 56.7 Å². The molecule has 2 aromatic carbocycles. The van der Waals surface area contributed by atoms with Crippen LogP contribution < -0.4 is 9.62 Å². The van der Waals surface area contributed by atoms with Gasteiger partial charge < -0.3 is 14.5 Å². The molecule has 0 aromatic heterocycles. The highest BCUT2D eigenvalue weighted by Crippen LogP contribution is 2.40. The van der Waals surface area contributed by atoms with Crippen LogP contribution in [0.4, 0.5) is 5.69 Å². The van der Waals surface area contributed by atoms with E-state index in [2.05, 4.69) is 34.9 Å². The lowest BCUT2D eigenvalue weighted by atomic mass is 10.1. The number of hydrogen-bond donors (Lipinski definition) is 1. The van der Waals surface area contributed by atoms with Crippen LogP contribution in [0.3, 0.4) is 0 Å². The van der Waals surface area contributed by atoms with Crippen molar-refractivity contribution >= 4 is 34.3 Å². The molecule has 2 aliphatic rings. The summed E-state index contributed by atoms with van der Waals surface area (Å²) in [5.41, 5.74) is 1.84. The van der Waals surface area contributed by atoms with Crippen LogP contribution >= 0.6 is 11.9 Å². The molecule has 25 heavy (non-hydrogen) atoms. The van der Waals surface area contributed by atoms with E-state index < -0.39 is 0 Å². The van der Waals surface area contributed by atoms with Gasteiger partial charge in [-0.1, -0.05) is 12.1 Å². The second kappa shape index (κ2) is 6.96. The molecule has 0 bridgehead atoms. The maximum absolute atomic E-state index is 12.6. The van der Waals surface area contributed by atoms with Gasteiger partial charge in [0.1, 0.15) is 0 Å². The highest BCUT2D eigenvalue weighted by molar-refractivity contribution is 7.97. The average molecular weight is 357 g/mol. The van der Waals surface area contributed by atoms with Gasteiger partial charge in [-0.05, 0) is 49.5 Å². The Hall–Kier alpha value is -1.60. The molecule has 0 saturated carbocycles. The zero-order valence-corrected chi connectivity index (χ0v) is 15.4. The van der Waals surface area contributed by atoms with E-state index in [1.807, 2.05) is 24.0 Å². The predicted octanol–water partition coefficient (Wildman–Crippen LogP) is 2.75. The van der Waals surface area contributed by atoms with Crippen LogP contribution in [0.5, 0.6) is 0 Å². The van der Waals surface area contributed by atoms with Gasteiger partial charge in [-0.2, -0.15) is 0 Å². The number of likely N-dealkylation sites (N-methyl/N-ethyl adjacent to an activating group) is 1.